The third-order valence-electron chi connectivity index (χ3n) is 4.26. The van der Waals surface area contributed by atoms with Crippen LogP contribution in [0.5, 0.6) is 0 Å². The van der Waals surface area contributed by atoms with Crippen LogP contribution < -0.4 is 5.73 Å². The van der Waals surface area contributed by atoms with Crippen LogP contribution >= 0.6 is 36.2 Å². The molecule has 1 fully saturated rings. The van der Waals surface area contributed by atoms with Gasteiger partial charge in [0.15, 0.2) is 0 Å². The van der Waals surface area contributed by atoms with E-state index < -0.39 is 0 Å². The van der Waals surface area contributed by atoms with E-state index in [0.29, 0.717) is 24.8 Å². The summed E-state index contributed by atoms with van der Waals surface area (Å²) >= 11 is 1.58. The molecule has 2 aromatic rings. The number of halogens is 2. The molecular weight excluding hydrogens is 369 g/mol. The second-order valence-corrected chi connectivity index (χ2v) is 6.86. The second-order valence-electron chi connectivity index (χ2n) is 5.91. The number of aromatic nitrogens is 1. The summed E-state index contributed by atoms with van der Waals surface area (Å²) in [5.41, 5.74) is 6.46. The predicted octanol–water partition coefficient (Wildman–Crippen LogP) is 3.29. The summed E-state index contributed by atoms with van der Waals surface area (Å²) in [5, 5.41) is 1.98. The van der Waals surface area contributed by atoms with Crippen LogP contribution in [0.15, 0.2) is 21.9 Å². The van der Waals surface area contributed by atoms with Crippen molar-refractivity contribution in [2.24, 2.45) is 11.7 Å². The molecule has 8 heteroatoms. The molecule has 2 aromatic heterocycles. The number of carbonyl (C=O) groups is 1. The van der Waals surface area contributed by atoms with Gasteiger partial charge < -0.3 is 15.1 Å². The summed E-state index contributed by atoms with van der Waals surface area (Å²) in [6, 6.07) is 4.18. The Labute approximate surface area is 158 Å². The molecule has 3 heterocycles. The maximum atomic E-state index is 12.5. The standard InChI is InChI=1S/C16H21N3O2S.2ClH/c1-10-6-12(8-17)9-19(10)15(20)7-13-11(2)21-16(18-13)14-4-3-5-22-14;;/h3-5,10,12H,6-9,17H2,1-2H3;2*1H. The van der Waals surface area contributed by atoms with E-state index >= 15 is 0 Å². The van der Waals surface area contributed by atoms with Crippen LogP contribution in [0.25, 0.3) is 10.8 Å². The fourth-order valence-corrected chi connectivity index (χ4v) is 3.65. The number of hydrogen-bond donors (Lipinski definition) is 1. The Balaban J connectivity index is 0.00000144. The lowest BCUT2D eigenvalue weighted by atomic mass is 10.1. The van der Waals surface area contributed by atoms with E-state index in [1.165, 1.54) is 0 Å². The van der Waals surface area contributed by atoms with E-state index in [1.807, 2.05) is 29.3 Å². The van der Waals surface area contributed by atoms with E-state index in [0.717, 1.165) is 29.3 Å². The number of thiophene rings is 1. The number of oxazole rings is 1. The molecule has 0 saturated carbocycles. The molecule has 1 saturated heterocycles. The number of rotatable bonds is 4. The zero-order chi connectivity index (χ0) is 15.7. The van der Waals surface area contributed by atoms with Crippen LogP contribution in [-0.2, 0) is 11.2 Å². The van der Waals surface area contributed by atoms with Gasteiger partial charge in [-0.3, -0.25) is 4.79 Å². The van der Waals surface area contributed by atoms with E-state index in [2.05, 4.69) is 11.9 Å². The molecule has 1 aliphatic rings. The molecule has 1 amide bonds. The number of aryl methyl sites for hydroxylation is 1. The van der Waals surface area contributed by atoms with Gasteiger partial charge >= 0.3 is 0 Å². The number of likely N-dealkylation sites (tertiary alicyclic amines) is 1. The first-order valence-electron chi connectivity index (χ1n) is 7.58. The maximum Gasteiger partial charge on any atom is 0.236 e. The largest absolute Gasteiger partial charge is 0.440 e. The summed E-state index contributed by atoms with van der Waals surface area (Å²) in [6.07, 6.45) is 1.28. The van der Waals surface area contributed by atoms with Gasteiger partial charge in [0, 0.05) is 12.6 Å². The number of carbonyl (C=O) groups excluding carboxylic acids is 1. The van der Waals surface area contributed by atoms with Gasteiger partial charge in [0.25, 0.3) is 0 Å². The molecule has 24 heavy (non-hydrogen) atoms. The van der Waals surface area contributed by atoms with Crippen molar-refractivity contribution < 1.29 is 9.21 Å². The minimum atomic E-state index is 0. The summed E-state index contributed by atoms with van der Waals surface area (Å²) in [5.74, 6) is 1.85. The van der Waals surface area contributed by atoms with Crippen LogP contribution in [-0.4, -0.2) is 34.9 Å². The highest BCUT2D eigenvalue weighted by atomic mass is 35.5. The molecule has 3 rings (SSSR count). The third kappa shape index (κ3) is 4.30. The van der Waals surface area contributed by atoms with Crippen molar-refractivity contribution in [2.45, 2.75) is 32.7 Å². The fourth-order valence-electron chi connectivity index (χ4n) is 3.00. The molecule has 0 radical (unpaired) electrons. The Bertz CT molecular complexity index is 660. The van der Waals surface area contributed by atoms with Gasteiger partial charge in [0.05, 0.1) is 17.0 Å². The first-order chi connectivity index (χ1) is 10.6. The Hall–Kier alpha value is -1.08. The summed E-state index contributed by atoms with van der Waals surface area (Å²) < 4.78 is 5.70. The van der Waals surface area contributed by atoms with E-state index in [4.69, 9.17) is 10.2 Å². The SMILES string of the molecule is Cc1oc(-c2cccs2)nc1CC(=O)N1CC(CN)CC1C.Cl.Cl. The molecular formula is C16H23Cl2N3O2S. The van der Waals surface area contributed by atoms with Crippen LogP contribution in [0, 0.1) is 12.8 Å². The average Bonchev–Trinajstić information content (AvgIpc) is 3.19. The minimum Gasteiger partial charge on any atom is -0.440 e. The van der Waals surface area contributed by atoms with Crippen molar-refractivity contribution in [1.82, 2.24) is 9.88 Å². The lowest BCUT2D eigenvalue weighted by Crippen LogP contribution is -2.35. The minimum absolute atomic E-state index is 0. The highest BCUT2D eigenvalue weighted by Crippen LogP contribution is 2.27. The second kappa shape index (κ2) is 8.85. The van der Waals surface area contributed by atoms with Crippen molar-refractivity contribution in [3.05, 3.63) is 29.0 Å². The summed E-state index contributed by atoms with van der Waals surface area (Å²) in [7, 11) is 0. The van der Waals surface area contributed by atoms with E-state index in [1.54, 1.807) is 11.3 Å². The van der Waals surface area contributed by atoms with Gasteiger partial charge in [0.1, 0.15) is 5.76 Å². The topological polar surface area (TPSA) is 72.4 Å². The van der Waals surface area contributed by atoms with Crippen molar-refractivity contribution in [2.75, 3.05) is 13.1 Å². The number of nitrogens with zero attached hydrogens (tertiary/aromatic N) is 2. The molecule has 0 aromatic carbocycles. The van der Waals surface area contributed by atoms with Gasteiger partial charge in [-0.25, -0.2) is 4.98 Å². The van der Waals surface area contributed by atoms with Gasteiger partial charge in [-0.05, 0) is 44.2 Å². The number of hydrogen-bond acceptors (Lipinski definition) is 5. The molecule has 0 aliphatic carbocycles. The maximum absolute atomic E-state index is 12.5. The molecule has 1 aliphatic heterocycles. The van der Waals surface area contributed by atoms with Crippen LogP contribution in [0.3, 0.4) is 0 Å². The normalized spacial score (nSPS) is 19.7. The highest BCUT2D eigenvalue weighted by molar-refractivity contribution is 7.13. The van der Waals surface area contributed by atoms with Crippen molar-refractivity contribution in [3.63, 3.8) is 0 Å². The number of amides is 1. The number of nitrogens with two attached hydrogens (primary N) is 1. The molecule has 2 N–H and O–H groups in total. The fraction of sp³-hybridized carbons (Fsp3) is 0.500. The summed E-state index contributed by atoms with van der Waals surface area (Å²) in [4.78, 5) is 20.0. The Kier molecular flexibility index (Phi) is 7.73. The Morgan fingerprint density at radius 2 is 2.25 bits per heavy atom. The Morgan fingerprint density at radius 1 is 1.50 bits per heavy atom. The van der Waals surface area contributed by atoms with Crippen molar-refractivity contribution in [1.29, 1.82) is 0 Å². The van der Waals surface area contributed by atoms with Gasteiger partial charge in [-0.2, -0.15) is 0 Å². The Morgan fingerprint density at radius 3 is 2.83 bits per heavy atom. The molecule has 2 unspecified atom stereocenters. The summed E-state index contributed by atoms with van der Waals surface area (Å²) in [6.45, 7) is 5.34. The molecule has 5 nitrogen and oxygen atoms in total. The lowest BCUT2D eigenvalue weighted by Gasteiger charge is -2.21. The van der Waals surface area contributed by atoms with Crippen molar-refractivity contribution >= 4 is 42.1 Å². The monoisotopic (exact) mass is 391 g/mol. The average molecular weight is 392 g/mol. The van der Waals surface area contributed by atoms with Gasteiger partial charge in [-0.15, -0.1) is 36.2 Å². The highest BCUT2D eigenvalue weighted by Gasteiger charge is 2.32. The third-order valence-corrected chi connectivity index (χ3v) is 5.12. The molecule has 134 valence electrons. The lowest BCUT2D eigenvalue weighted by molar-refractivity contribution is -0.131. The molecule has 0 spiro atoms. The molecule has 2 atom stereocenters. The first-order valence-corrected chi connectivity index (χ1v) is 8.46. The first kappa shape index (κ1) is 21.0. The van der Waals surface area contributed by atoms with Gasteiger partial charge in [-0.1, -0.05) is 6.07 Å². The zero-order valence-corrected chi connectivity index (χ0v) is 16.2. The van der Waals surface area contributed by atoms with Gasteiger partial charge in [0.2, 0.25) is 11.8 Å². The quantitative estimate of drug-likeness (QED) is 0.867. The van der Waals surface area contributed by atoms with Crippen LogP contribution in [0.2, 0.25) is 0 Å². The predicted molar refractivity (Wildman–Crippen MR) is 101 cm³/mol. The zero-order valence-electron chi connectivity index (χ0n) is 13.7. The van der Waals surface area contributed by atoms with Crippen molar-refractivity contribution in [3.8, 4) is 10.8 Å². The van der Waals surface area contributed by atoms with Crippen LogP contribution in [0.1, 0.15) is 24.8 Å². The van der Waals surface area contributed by atoms with E-state index in [-0.39, 0.29) is 36.8 Å². The van der Waals surface area contributed by atoms with Crippen LogP contribution in [0.4, 0.5) is 0 Å². The van der Waals surface area contributed by atoms with E-state index in [9.17, 15) is 4.79 Å². The smallest absolute Gasteiger partial charge is 0.236 e. The molecule has 0 bridgehead atoms.